The van der Waals surface area contributed by atoms with E-state index in [1.54, 1.807) is 0 Å². The Morgan fingerprint density at radius 3 is 2.64 bits per heavy atom. The van der Waals surface area contributed by atoms with E-state index in [1.165, 1.54) is 5.57 Å². The van der Waals surface area contributed by atoms with Crippen LogP contribution in [0.25, 0.3) is 0 Å². The Balaban J connectivity index is 1.77. The summed E-state index contributed by atoms with van der Waals surface area (Å²) >= 11 is 6.45. The monoisotopic (exact) mass is 362 g/mol. The highest BCUT2D eigenvalue weighted by molar-refractivity contribution is 6.30. The first kappa shape index (κ1) is 17.8. The van der Waals surface area contributed by atoms with Gasteiger partial charge in [0.15, 0.2) is 5.78 Å². The fraction of sp³-hybridized carbons (Fsp3) is 0.773. The minimum absolute atomic E-state index is 0.156. The third kappa shape index (κ3) is 2.22. The Bertz CT molecular complexity index is 676. The van der Waals surface area contributed by atoms with E-state index in [-0.39, 0.29) is 10.8 Å². The van der Waals surface area contributed by atoms with Gasteiger partial charge in [-0.15, -0.1) is 0 Å². The van der Waals surface area contributed by atoms with Gasteiger partial charge in [0, 0.05) is 16.9 Å². The third-order valence-corrected chi connectivity index (χ3v) is 9.35. The van der Waals surface area contributed by atoms with Crippen molar-refractivity contribution in [3.63, 3.8) is 0 Å². The second kappa shape index (κ2) is 5.45. The number of fused-ring (bicyclic) bond motifs is 5. The molecular formula is C22H31ClO2. The van der Waals surface area contributed by atoms with Crippen LogP contribution >= 0.6 is 11.6 Å². The average molecular weight is 363 g/mol. The summed E-state index contributed by atoms with van der Waals surface area (Å²) in [6.07, 6.45) is 9.90. The number of hydrogen-bond donors (Lipinski definition) is 1. The predicted molar refractivity (Wildman–Crippen MR) is 101 cm³/mol. The minimum Gasteiger partial charge on any atom is -0.384 e. The van der Waals surface area contributed by atoms with Gasteiger partial charge in [0.1, 0.15) is 5.60 Å². The Labute approximate surface area is 156 Å². The van der Waals surface area contributed by atoms with Crippen molar-refractivity contribution in [3.05, 3.63) is 22.8 Å². The summed E-state index contributed by atoms with van der Waals surface area (Å²) in [5, 5.41) is 11.9. The number of rotatable bonds is 0. The molecule has 4 rings (SSSR count). The van der Waals surface area contributed by atoms with E-state index in [4.69, 9.17) is 11.6 Å². The first-order valence-electron chi connectivity index (χ1n) is 9.93. The van der Waals surface area contributed by atoms with E-state index in [9.17, 15) is 9.90 Å². The van der Waals surface area contributed by atoms with Crippen molar-refractivity contribution in [2.24, 2.45) is 34.5 Å². The van der Waals surface area contributed by atoms with Crippen LogP contribution in [0, 0.1) is 34.5 Å². The fourth-order valence-electron chi connectivity index (χ4n) is 6.97. The molecule has 0 aromatic carbocycles. The quantitative estimate of drug-likeness (QED) is 0.639. The second-order valence-corrected chi connectivity index (χ2v) is 10.2. The van der Waals surface area contributed by atoms with Crippen LogP contribution in [0.1, 0.15) is 66.2 Å². The fourth-order valence-corrected chi connectivity index (χ4v) is 7.28. The van der Waals surface area contributed by atoms with Crippen molar-refractivity contribution in [3.8, 4) is 0 Å². The maximum Gasteiger partial charge on any atom is 0.155 e. The van der Waals surface area contributed by atoms with Crippen LogP contribution in [0.5, 0.6) is 0 Å². The maximum atomic E-state index is 12.0. The molecule has 0 heterocycles. The predicted octanol–water partition coefficient (Wildman–Crippen LogP) is 5.25. The molecule has 0 amide bonds. The van der Waals surface area contributed by atoms with E-state index in [0.717, 1.165) is 32.1 Å². The van der Waals surface area contributed by atoms with Crippen LogP contribution in [0.4, 0.5) is 0 Å². The van der Waals surface area contributed by atoms with E-state index in [2.05, 4.69) is 26.8 Å². The van der Waals surface area contributed by atoms with Crippen molar-refractivity contribution in [1.82, 2.24) is 0 Å². The standard InChI is InChI=1S/C22H31ClO2/c1-13-11-14-12-15(24)7-9-20(14,2)16-8-10-21(3)17(19(13)16)5-6-18(23)22(21,4)25/h6,12-13,16-17,19,25H,5,7-11H2,1-4H3/t13-,16+,17+,19-,20+,21+,22?/m1/s1. The molecule has 2 nitrogen and oxygen atoms in total. The second-order valence-electron chi connectivity index (χ2n) is 9.84. The summed E-state index contributed by atoms with van der Waals surface area (Å²) in [7, 11) is 0. The number of aliphatic hydroxyl groups is 1. The van der Waals surface area contributed by atoms with Gasteiger partial charge >= 0.3 is 0 Å². The van der Waals surface area contributed by atoms with Crippen LogP contribution in [0.15, 0.2) is 22.8 Å². The van der Waals surface area contributed by atoms with Gasteiger partial charge in [-0.2, -0.15) is 0 Å². The molecule has 25 heavy (non-hydrogen) atoms. The molecule has 0 aromatic rings. The van der Waals surface area contributed by atoms with E-state index >= 15 is 0 Å². The maximum absolute atomic E-state index is 12.0. The number of hydrogen-bond acceptors (Lipinski definition) is 2. The SMILES string of the molecule is C[C@@H]1CC2=CC(=O)CC[C@]2(C)[C@H]2CC[C@@]3(C)[C@@H](CC=C(Cl)C3(C)O)[C@H]12. The number of allylic oxidation sites excluding steroid dienone is 3. The molecule has 7 atom stereocenters. The highest BCUT2D eigenvalue weighted by Gasteiger charge is 2.62. The Morgan fingerprint density at radius 2 is 1.92 bits per heavy atom. The minimum atomic E-state index is -0.929. The number of carbonyl (C=O) groups is 1. The molecule has 4 aliphatic carbocycles. The molecule has 1 unspecified atom stereocenters. The van der Waals surface area contributed by atoms with Gasteiger partial charge in [-0.05, 0) is 74.2 Å². The summed E-state index contributed by atoms with van der Waals surface area (Å²) in [4.78, 5) is 12.0. The molecular weight excluding hydrogens is 332 g/mol. The lowest BCUT2D eigenvalue weighted by Gasteiger charge is -2.64. The zero-order chi connectivity index (χ0) is 18.2. The lowest BCUT2D eigenvalue weighted by atomic mass is 9.41. The summed E-state index contributed by atoms with van der Waals surface area (Å²) in [5.41, 5.74) is 0.485. The van der Waals surface area contributed by atoms with E-state index in [1.807, 2.05) is 13.0 Å². The van der Waals surface area contributed by atoms with Gasteiger partial charge in [-0.1, -0.05) is 44.0 Å². The van der Waals surface area contributed by atoms with Gasteiger partial charge in [-0.3, -0.25) is 4.79 Å². The van der Waals surface area contributed by atoms with E-state index < -0.39 is 5.60 Å². The third-order valence-electron chi connectivity index (χ3n) is 8.83. The Kier molecular flexibility index (Phi) is 3.88. The molecule has 0 aliphatic heterocycles. The van der Waals surface area contributed by atoms with Gasteiger partial charge < -0.3 is 5.11 Å². The normalized spacial score (nSPS) is 52.5. The zero-order valence-corrected chi connectivity index (χ0v) is 16.7. The molecule has 0 saturated heterocycles. The van der Waals surface area contributed by atoms with Gasteiger partial charge in [-0.25, -0.2) is 0 Å². The molecule has 1 N–H and O–H groups in total. The van der Waals surface area contributed by atoms with Crippen LogP contribution < -0.4 is 0 Å². The smallest absolute Gasteiger partial charge is 0.155 e. The molecule has 4 aliphatic rings. The topological polar surface area (TPSA) is 37.3 Å². The summed E-state index contributed by atoms with van der Waals surface area (Å²) in [5.74, 6) is 2.56. The first-order valence-corrected chi connectivity index (χ1v) is 10.3. The molecule has 138 valence electrons. The van der Waals surface area contributed by atoms with Crippen LogP contribution in [-0.2, 0) is 4.79 Å². The zero-order valence-electron chi connectivity index (χ0n) is 15.9. The number of carbonyl (C=O) groups excluding carboxylic acids is 1. The van der Waals surface area contributed by atoms with Gasteiger partial charge in [0.05, 0.1) is 0 Å². The van der Waals surface area contributed by atoms with Crippen LogP contribution in [0.2, 0.25) is 0 Å². The highest BCUT2D eigenvalue weighted by atomic mass is 35.5. The van der Waals surface area contributed by atoms with Crippen molar-refractivity contribution < 1.29 is 9.90 Å². The van der Waals surface area contributed by atoms with Crippen molar-refractivity contribution >= 4 is 17.4 Å². The molecule has 0 bridgehead atoms. The first-order chi connectivity index (χ1) is 11.6. The summed E-state index contributed by atoms with van der Waals surface area (Å²) < 4.78 is 0. The lowest BCUT2D eigenvalue weighted by molar-refractivity contribution is -0.154. The Hall–Kier alpha value is -0.600. The summed E-state index contributed by atoms with van der Waals surface area (Å²) in [6, 6.07) is 0. The largest absolute Gasteiger partial charge is 0.384 e. The van der Waals surface area contributed by atoms with Crippen LogP contribution in [-0.4, -0.2) is 16.5 Å². The van der Waals surface area contributed by atoms with Crippen LogP contribution in [0.3, 0.4) is 0 Å². The van der Waals surface area contributed by atoms with Crippen molar-refractivity contribution in [2.45, 2.75) is 71.8 Å². The van der Waals surface area contributed by atoms with Gasteiger partial charge in [0.2, 0.25) is 0 Å². The number of ketones is 1. The van der Waals surface area contributed by atoms with Gasteiger partial charge in [0.25, 0.3) is 0 Å². The summed E-state index contributed by atoms with van der Waals surface area (Å²) in [6.45, 7) is 8.94. The molecule has 2 saturated carbocycles. The number of halogens is 1. The van der Waals surface area contributed by atoms with E-state index in [0.29, 0.717) is 40.9 Å². The molecule has 0 radical (unpaired) electrons. The average Bonchev–Trinajstić information content (AvgIpc) is 2.54. The van der Waals surface area contributed by atoms with Crippen molar-refractivity contribution in [1.29, 1.82) is 0 Å². The highest BCUT2D eigenvalue weighted by Crippen LogP contribution is 2.67. The molecule has 0 aromatic heterocycles. The molecule has 0 spiro atoms. The Morgan fingerprint density at radius 1 is 1.20 bits per heavy atom. The molecule has 2 fully saturated rings. The van der Waals surface area contributed by atoms with Crippen molar-refractivity contribution in [2.75, 3.05) is 0 Å². The molecule has 3 heteroatoms. The lowest BCUT2D eigenvalue weighted by Crippen LogP contribution is -2.60.